The van der Waals surface area contributed by atoms with Gasteiger partial charge in [-0.2, -0.15) is 9.97 Å². The highest BCUT2D eigenvalue weighted by atomic mass is 16.3. The zero-order valence-electron chi connectivity index (χ0n) is 11.6. The molecule has 20 heavy (non-hydrogen) atoms. The Hall–Kier alpha value is -1.89. The van der Waals surface area contributed by atoms with E-state index < -0.39 is 5.60 Å². The second-order valence-electron chi connectivity index (χ2n) is 5.39. The molecule has 0 aromatic carbocycles. The number of nitrogens with zero attached hydrogens (tertiary/aromatic N) is 3. The van der Waals surface area contributed by atoms with Gasteiger partial charge in [0.2, 0.25) is 5.95 Å². The number of hydrogen-bond acceptors (Lipinski definition) is 6. The van der Waals surface area contributed by atoms with Gasteiger partial charge in [0.1, 0.15) is 5.52 Å². The van der Waals surface area contributed by atoms with Gasteiger partial charge in [-0.15, -0.1) is 0 Å². The van der Waals surface area contributed by atoms with Crippen LogP contribution < -0.4 is 10.6 Å². The summed E-state index contributed by atoms with van der Waals surface area (Å²) < 4.78 is 0. The van der Waals surface area contributed by atoms with Crippen LogP contribution in [0.25, 0.3) is 11.2 Å². The molecular formula is C13H20N6O. The first-order valence-corrected chi connectivity index (χ1v) is 7.05. The lowest BCUT2D eigenvalue weighted by atomic mass is 9.85. The van der Waals surface area contributed by atoms with Crippen molar-refractivity contribution in [2.75, 3.05) is 24.2 Å². The summed E-state index contributed by atoms with van der Waals surface area (Å²) >= 11 is 0. The number of nitrogens with one attached hydrogen (secondary N) is 3. The van der Waals surface area contributed by atoms with Crippen molar-refractivity contribution >= 4 is 22.9 Å². The molecule has 0 aliphatic heterocycles. The Labute approximate surface area is 117 Å². The van der Waals surface area contributed by atoms with Gasteiger partial charge in [-0.1, -0.05) is 19.3 Å². The first kappa shape index (κ1) is 13.1. The molecule has 0 atom stereocenters. The standard InChI is InChI=1S/C13H20N6O/c1-14-12-18-10(9-11(19-12)17-8-16-9)15-7-13(20)5-3-2-4-6-13/h8,20H,2-7H2,1H3,(H3,14,15,16,17,18,19). The second-order valence-corrected chi connectivity index (χ2v) is 5.39. The normalized spacial score (nSPS) is 18.1. The summed E-state index contributed by atoms with van der Waals surface area (Å²) in [6.45, 7) is 0.501. The molecule has 2 aromatic rings. The second kappa shape index (κ2) is 5.24. The SMILES string of the molecule is CNc1nc(NCC2(O)CCCCC2)c2[nH]cnc2n1. The highest BCUT2D eigenvalue weighted by Crippen LogP contribution is 2.29. The van der Waals surface area contributed by atoms with Gasteiger partial charge in [-0.3, -0.25) is 0 Å². The molecule has 2 aromatic heterocycles. The quantitative estimate of drug-likeness (QED) is 0.675. The molecular weight excluding hydrogens is 256 g/mol. The fraction of sp³-hybridized carbons (Fsp3) is 0.615. The van der Waals surface area contributed by atoms with Crippen LogP contribution in [0.4, 0.5) is 11.8 Å². The molecule has 108 valence electrons. The predicted octanol–water partition coefficient (Wildman–Crippen LogP) is 1.50. The molecule has 1 saturated carbocycles. The largest absolute Gasteiger partial charge is 0.388 e. The van der Waals surface area contributed by atoms with Crippen LogP contribution in [0.1, 0.15) is 32.1 Å². The summed E-state index contributed by atoms with van der Waals surface area (Å²) in [5.41, 5.74) is 0.751. The predicted molar refractivity (Wildman–Crippen MR) is 77.8 cm³/mol. The molecule has 1 aliphatic rings. The minimum Gasteiger partial charge on any atom is -0.388 e. The van der Waals surface area contributed by atoms with E-state index in [-0.39, 0.29) is 0 Å². The summed E-state index contributed by atoms with van der Waals surface area (Å²) in [5, 5.41) is 16.7. The third-order valence-corrected chi connectivity index (χ3v) is 3.88. The first-order valence-electron chi connectivity index (χ1n) is 7.05. The van der Waals surface area contributed by atoms with Gasteiger partial charge >= 0.3 is 0 Å². The van der Waals surface area contributed by atoms with Crippen LogP contribution in [-0.4, -0.2) is 44.2 Å². The molecule has 4 N–H and O–H groups in total. The number of rotatable bonds is 4. The van der Waals surface area contributed by atoms with Crippen LogP contribution in [-0.2, 0) is 0 Å². The van der Waals surface area contributed by atoms with Crippen molar-refractivity contribution in [3.63, 3.8) is 0 Å². The summed E-state index contributed by atoms with van der Waals surface area (Å²) in [4.78, 5) is 15.8. The number of imidazole rings is 1. The summed E-state index contributed by atoms with van der Waals surface area (Å²) in [6, 6.07) is 0. The van der Waals surface area contributed by atoms with Gasteiger partial charge in [0.25, 0.3) is 0 Å². The topological polar surface area (TPSA) is 98.8 Å². The molecule has 0 unspecified atom stereocenters. The van der Waals surface area contributed by atoms with Gasteiger partial charge < -0.3 is 20.7 Å². The van der Waals surface area contributed by atoms with E-state index in [0.717, 1.165) is 31.2 Å². The molecule has 0 radical (unpaired) electrons. The maximum atomic E-state index is 10.5. The van der Waals surface area contributed by atoms with Crippen molar-refractivity contribution in [3.05, 3.63) is 6.33 Å². The Kier molecular flexibility index (Phi) is 3.43. The van der Waals surface area contributed by atoms with E-state index >= 15 is 0 Å². The summed E-state index contributed by atoms with van der Waals surface area (Å²) in [5.74, 6) is 1.19. The molecule has 0 spiro atoms. The number of hydrogen-bond donors (Lipinski definition) is 4. The van der Waals surface area contributed by atoms with Crippen LogP contribution in [0, 0.1) is 0 Å². The van der Waals surface area contributed by atoms with E-state index in [9.17, 15) is 5.11 Å². The number of aromatic amines is 1. The molecule has 1 aliphatic carbocycles. The molecule has 2 heterocycles. The lowest BCUT2D eigenvalue weighted by molar-refractivity contribution is 0.0167. The third kappa shape index (κ3) is 2.53. The smallest absolute Gasteiger partial charge is 0.226 e. The van der Waals surface area contributed by atoms with E-state index in [1.807, 2.05) is 0 Å². The van der Waals surface area contributed by atoms with Gasteiger partial charge in [0, 0.05) is 13.6 Å². The van der Waals surface area contributed by atoms with Gasteiger partial charge in [-0.25, -0.2) is 4.98 Å². The fourth-order valence-electron chi connectivity index (χ4n) is 2.71. The van der Waals surface area contributed by atoms with Gasteiger partial charge in [0.15, 0.2) is 11.5 Å². The van der Waals surface area contributed by atoms with Gasteiger partial charge in [0.05, 0.1) is 11.9 Å². The molecule has 0 bridgehead atoms. The van der Waals surface area contributed by atoms with E-state index in [1.54, 1.807) is 13.4 Å². The highest BCUT2D eigenvalue weighted by molar-refractivity contribution is 5.83. The Bertz CT molecular complexity index is 590. The third-order valence-electron chi connectivity index (χ3n) is 3.88. The average molecular weight is 276 g/mol. The Balaban J connectivity index is 1.81. The number of aliphatic hydroxyl groups is 1. The van der Waals surface area contributed by atoms with E-state index in [4.69, 9.17) is 0 Å². The molecule has 7 nitrogen and oxygen atoms in total. The maximum absolute atomic E-state index is 10.5. The van der Waals surface area contributed by atoms with Crippen molar-refractivity contribution in [1.82, 2.24) is 19.9 Å². The van der Waals surface area contributed by atoms with Crippen LogP contribution in [0.2, 0.25) is 0 Å². The van der Waals surface area contributed by atoms with E-state index in [0.29, 0.717) is 24.0 Å². The Morgan fingerprint density at radius 1 is 1.30 bits per heavy atom. The lowest BCUT2D eigenvalue weighted by Crippen LogP contribution is -2.39. The van der Waals surface area contributed by atoms with E-state index in [2.05, 4.69) is 30.6 Å². The first-order chi connectivity index (χ1) is 9.70. The molecule has 0 saturated heterocycles. The Morgan fingerprint density at radius 3 is 2.85 bits per heavy atom. The van der Waals surface area contributed by atoms with Gasteiger partial charge in [-0.05, 0) is 12.8 Å². The maximum Gasteiger partial charge on any atom is 0.226 e. The van der Waals surface area contributed by atoms with Crippen molar-refractivity contribution in [3.8, 4) is 0 Å². The summed E-state index contributed by atoms with van der Waals surface area (Å²) in [7, 11) is 1.77. The van der Waals surface area contributed by atoms with Crippen molar-refractivity contribution in [1.29, 1.82) is 0 Å². The molecule has 3 rings (SSSR count). The monoisotopic (exact) mass is 276 g/mol. The zero-order chi connectivity index (χ0) is 14.0. The average Bonchev–Trinajstić information content (AvgIpc) is 2.93. The van der Waals surface area contributed by atoms with E-state index in [1.165, 1.54) is 6.42 Å². The number of anilines is 2. The van der Waals surface area contributed by atoms with Crippen LogP contribution in [0.3, 0.4) is 0 Å². The lowest BCUT2D eigenvalue weighted by Gasteiger charge is -2.32. The zero-order valence-corrected chi connectivity index (χ0v) is 11.6. The molecule has 0 amide bonds. The van der Waals surface area contributed by atoms with Crippen molar-refractivity contribution in [2.45, 2.75) is 37.7 Å². The number of fused-ring (bicyclic) bond motifs is 1. The Morgan fingerprint density at radius 2 is 2.10 bits per heavy atom. The molecule has 7 heteroatoms. The minimum absolute atomic E-state index is 0.501. The minimum atomic E-state index is -0.630. The van der Waals surface area contributed by atoms with Crippen molar-refractivity contribution < 1.29 is 5.11 Å². The van der Waals surface area contributed by atoms with Crippen LogP contribution in [0.15, 0.2) is 6.33 Å². The molecule has 1 fully saturated rings. The van der Waals surface area contributed by atoms with Crippen molar-refractivity contribution in [2.24, 2.45) is 0 Å². The fourth-order valence-corrected chi connectivity index (χ4v) is 2.71. The number of H-pyrrole nitrogens is 1. The van der Waals surface area contributed by atoms with Crippen LogP contribution >= 0.6 is 0 Å². The van der Waals surface area contributed by atoms with Crippen LogP contribution in [0.5, 0.6) is 0 Å². The highest BCUT2D eigenvalue weighted by Gasteiger charge is 2.29. The number of aromatic nitrogens is 4. The summed E-state index contributed by atoms with van der Waals surface area (Å²) in [6.07, 6.45) is 6.67.